The number of carbonyl (C=O) groups is 1. The van der Waals surface area contributed by atoms with Crippen LogP contribution in [0.25, 0.3) is 0 Å². The predicted molar refractivity (Wildman–Crippen MR) is 37.0 cm³/mol. The summed E-state index contributed by atoms with van der Waals surface area (Å²) in [5.41, 5.74) is 1.94. The van der Waals surface area contributed by atoms with Crippen molar-refractivity contribution >= 4 is 43.5 Å². The number of carbonyl (C=O) groups excluding carboxylic acids is 1. The second kappa shape index (κ2) is 6.78. The molecule has 0 bridgehead atoms. The summed E-state index contributed by atoms with van der Waals surface area (Å²) < 4.78 is 14.3. The third-order valence-electron chi connectivity index (χ3n) is 0.338. The molecule has 4 nitrogen and oxygen atoms in total. The number of hydroxylamine groups is 1. The van der Waals surface area contributed by atoms with Crippen molar-refractivity contribution in [2.45, 2.75) is 6.92 Å². The zero-order valence-corrected chi connectivity index (χ0v) is 5.72. The first kappa shape index (κ1) is 12.3. The first-order chi connectivity index (χ1) is 3.63. The summed E-state index contributed by atoms with van der Waals surface area (Å²) in [6.45, 7) is 2.67. The minimum atomic E-state index is -2.01. The summed E-state index contributed by atoms with van der Waals surface area (Å²) in [6.07, 6.45) is 0. The zero-order valence-electron chi connectivity index (χ0n) is 4.72. The molecular formula is C3H9NNaO3P. The van der Waals surface area contributed by atoms with Crippen LogP contribution in [0.1, 0.15) is 6.92 Å². The molecule has 1 amide bonds. The summed E-state index contributed by atoms with van der Waals surface area (Å²) in [7, 11) is -2.01. The Hall–Kier alpha value is 0.660. The fourth-order valence-electron chi connectivity index (χ4n) is 0.144. The Morgan fingerprint density at radius 3 is 2.22 bits per heavy atom. The first-order valence-corrected chi connectivity index (χ1v) is 3.88. The summed E-state index contributed by atoms with van der Waals surface area (Å²) >= 11 is 0. The normalized spacial score (nSPS) is 11.3. The molecule has 0 spiro atoms. The Labute approximate surface area is 76.5 Å². The standard InChI is InChI=1S/C3H8NO3P.Na.H/c1-3(5)4-7-8(2)6;;/h8H,1-2H3,(H,4,5);;. The van der Waals surface area contributed by atoms with Gasteiger partial charge in [-0.25, -0.2) is 10.1 Å². The molecule has 1 unspecified atom stereocenters. The molecular weight excluding hydrogens is 152 g/mol. The maximum absolute atomic E-state index is 10.1. The van der Waals surface area contributed by atoms with E-state index >= 15 is 0 Å². The van der Waals surface area contributed by atoms with Crippen molar-refractivity contribution in [3.63, 3.8) is 0 Å². The van der Waals surface area contributed by atoms with Crippen molar-refractivity contribution in [2.24, 2.45) is 0 Å². The van der Waals surface area contributed by atoms with Crippen molar-refractivity contribution in [1.29, 1.82) is 0 Å². The number of hydrogen-bond acceptors (Lipinski definition) is 3. The van der Waals surface area contributed by atoms with Crippen LogP contribution in [0.5, 0.6) is 0 Å². The van der Waals surface area contributed by atoms with Crippen molar-refractivity contribution < 1.29 is 14.0 Å². The molecule has 0 aliphatic carbocycles. The molecule has 0 fully saturated rings. The van der Waals surface area contributed by atoms with E-state index in [4.69, 9.17) is 0 Å². The van der Waals surface area contributed by atoms with Gasteiger partial charge in [-0.05, 0) is 0 Å². The second-order valence-electron chi connectivity index (χ2n) is 1.25. The Balaban J connectivity index is 0. The molecule has 0 heterocycles. The second-order valence-corrected chi connectivity index (χ2v) is 2.44. The van der Waals surface area contributed by atoms with Crippen LogP contribution >= 0.6 is 8.03 Å². The van der Waals surface area contributed by atoms with E-state index in [-0.39, 0.29) is 35.5 Å². The van der Waals surface area contributed by atoms with Crippen LogP contribution < -0.4 is 5.48 Å². The Morgan fingerprint density at radius 1 is 1.67 bits per heavy atom. The molecule has 0 aromatic heterocycles. The summed E-state index contributed by atoms with van der Waals surface area (Å²) in [5, 5.41) is 0. The molecule has 0 rings (SSSR count). The van der Waals surface area contributed by atoms with Crippen molar-refractivity contribution in [2.75, 3.05) is 6.66 Å². The van der Waals surface area contributed by atoms with Gasteiger partial charge in [0.1, 0.15) is 0 Å². The predicted octanol–water partition coefficient (Wildman–Crippen LogP) is -0.490. The minimum absolute atomic E-state index is 0. The molecule has 0 aliphatic heterocycles. The van der Waals surface area contributed by atoms with Gasteiger partial charge in [-0.3, -0.25) is 9.36 Å². The molecule has 0 saturated carbocycles. The van der Waals surface area contributed by atoms with E-state index in [2.05, 4.69) is 4.62 Å². The number of nitrogens with one attached hydrogen (secondary N) is 1. The average molecular weight is 161 g/mol. The Kier molecular flexibility index (Phi) is 9.30. The van der Waals surface area contributed by atoms with E-state index in [1.165, 1.54) is 13.6 Å². The van der Waals surface area contributed by atoms with Gasteiger partial charge in [0.2, 0.25) is 13.9 Å². The van der Waals surface area contributed by atoms with Gasteiger partial charge in [-0.1, -0.05) is 0 Å². The molecule has 6 heteroatoms. The fourth-order valence-corrected chi connectivity index (χ4v) is 0.431. The molecule has 0 radical (unpaired) electrons. The number of rotatable bonds is 2. The number of hydrogen-bond donors (Lipinski definition) is 1. The van der Waals surface area contributed by atoms with Crippen LogP contribution in [-0.4, -0.2) is 42.1 Å². The molecule has 0 aromatic carbocycles. The van der Waals surface area contributed by atoms with Crippen molar-refractivity contribution in [3.8, 4) is 0 Å². The van der Waals surface area contributed by atoms with E-state index in [0.29, 0.717) is 0 Å². The molecule has 0 aliphatic rings. The van der Waals surface area contributed by atoms with E-state index in [1.54, 1.807) is 0 Å². The van der Waals surface area contributed by atoms with Gasteiger partial charge in [-0.2, -0.15) is 0 Å². The van der Waals surface area contributed by atoms with E-state index in [1.807, 2.05) is 5.48 Å². The average Bonchev–Trinajstić information content (AvgIpc) is 1.61. The van der Waals surface area contributed by atoms with E-state index in [9.17, 15) is 9.36 Å². The number of amides is 1. The van der Waals surface area contributed by atoms with Crippen LogP contribution in [0.4, 0.5) is 0 Å². The molecule has 0 saturated heterocycles. The van der Waals surface area contributed by atoms with Gasteiger partial charge in [0, 0.05) is 13.6 Å². The first-order valence-electron chi connectivity index (χ1n) is 2.07. The van der Waals surface area contributed by atoms with Crippen molar-refractivity contribution in [1.82, 2.24) is 5.48 Å². The third-order valence-corrected chi connectivity index (χ3v) is 0.728. The molecule has 0 aromatic rings. The quantitative estimate of drug-likeness (QED) is 0.337. The summed E-state index contributed by atoms with van der Waals surface area (Å²) in [5.74, 6) is -0.342. The van der Waals surface area contributed by atoms with Crippen LogP contribution in [-0.2, 0) is 14.0 Å². The van der Waals surface area contributed by atoms with Gasteiger partial charge in [0.25, 0.3) is 0 Å². The fraction of sp³-hybridized carbons (Fsp3) is 0.667. The topological polar surface area (TPSA) is 55.4 Å². The van der Waals surface area contributed by atoms with Gasteiger partial charge in [0.15, 0.2) is 0 Å². The molecule has 50 valence electrons. The molecule has 1 atom stereocenters. The van der Waals surface area contributed by atoms with Crippen LogP contribution in [0.15, 0.2) is 0 Å². The van der Waals surface area contributed by atoms with Crippen LogP contribution in [0.3, 0.4) is 0 Å². The van der Waals surface area contributed by atoms with Crippen molar-refractivity contribution in [3.05, 3.63) is 0 Å². The van der Waals surface area contributed by atoms with Gasteiger partial charge >= 0.3 is 29.6 Å². The van der Waals surface area contributed by atoms with Gasteiger partial charge in [0.05, 0.1) is 0 Å². The SMILES string of the molecule is CC(=O)NO[PH](C)=O.[NaH]. The zero-order chi connectivity index (χ0) is 6.57. The summed E-state index contributed by atoms with van der Waals surface area (Å²) in [6, 6.07) is 0. The van der Waals surface area contributed by atoms with E-state index in [0.717, 1.165) is 0 Å². The van der Waals surface area contributed by atoms with E-state index < -0.39 is 8.03 Å². The van der Waals surface area contributed by atoms with Crippen LogP contribution in [0, 0.1) is 0 Å². The van der Waals surface area contributed by atoms with Gasteiger partial charge in [-0.15, -0.1) is 0 Å². The summed E-state index contributed by atoms with van der Waals surface area (Å²) in [4.78, 5) is 9.99. The Morgan fingerprint density at radius 2 is 2.11 bits per heavy atom. The molecule has 1 N–H and O–H groups in total. The monoisotopic (exact) mass is 161 g/mol. The van der Waals surface area contributed by atoms with Gasteiger partial charge < -0.3 is 0 Å². The third kappa shape index (κ3) is 12.0. The van der Waals surface area contributed by atoms with Crippen LogP contribution in [0.2, 0.25) is 0 Å². The molecule has 9 heavy (non-hydrogen) atoms. The maximum atomic E-state index is 10.1. The Bertz CT molecular complexity index is 104.